The van der Waals surface area contributed by atoms with Gasteiger partial charge >= 0.3 is 0 Å². The van der Waals surface area contributed by atoms with Crippen LogP contribution in [0.25, 0.3) is 11.3 Å². The van der Waals surface area contributed by atoms with Crippen molar-refractivity contribution in [3.8, 4) is 11.3 Å². The van der Waals surface area contributed by atoms with Crippen molar-refractivity contribution in [2.24, 2.45) is 5.41 Å². The van der Waals surface area contributed by atoms with Gasteiger partial charge in [-0.2, -0.15) is 0 Å². The molecule has 1 aliphatic carbocycles. The topological polar surface area (TPSA) is 32.3 Å². The van der Waals surface area contributed by atoms with E-state index in [-0.39, 0.29) is 11.3 Å². The van der Waals surface area contributed by atoms with Crippen LogP contribution in [-0.4, -0.2) is 47.3 Å². The Bertz CT molecular complexity index is 827. The van der Waals surface area contributed by atoms with Crippen molar-refractivity contribution in [3.63, 3.8) is 0 Å². The van der Waals surface area contributed by atoms with Gasteiger partial charge in [0.2, 0.25) is 0 Å². The predicted octanol–water partition coefficient (Wildman–Crippen LogP) is 4.66. The van der Waals surface area contributed by atoms with Crippen molar-refractivity contribution in [2.75, 3.05) is 31.1 Å². The summed E-state index contributed by atoms with van der Waals surface area (Å²) in [6.07, 6.45) is 9.21. The van der Waals surface area contributed by atoms with Gasteiger partial charge < -0.3 is 9.80 Å². The van der Waals surface area contributed by atoms with Crippen LogP contribution in [0.4, 0.5) is 14.6 Å². The second-order valence-electron chi connectivity index (χ2n) is 8.98. The van der Waals surface area contributed by atoms with E-state index in [0.717, 1.165) is 24.9 Å². The fourth-order valence-electron chi connectivity index (χ4n) is 5.20. The van der Waals surface area contributed by atoms with Crippen molar-refractivity contribution >= 4 is 5.82 Å². The molecule has 2 aromatic rings. The standard InChI is InChI=1S/C23H28F2N4/c24-18-5-2-6-19(25)22(18)20-7-8-21(27-26-20)29-15-11-23(12-16-29)9-13-28(14-10-23)17-3-1-4-17/h2,5-8,17H,1,3-4,9-16H2. The highest BCUT2D eigenvalue weighted by Gasteiger charge is 2.39. The lowest BCUT2D eigenvalue weighted by Crippen LogP contribution is -2.51. The minimum Gasteiger partial charge on any atom is -0.355 e. The highest BCUT2D eigenvalue weighted by molar-refractivity contribution is 5.61. The number of hydrogen-bond donors (Lipinski definition) is 0. The maximum atomic E-state index is 14.0. The highest BCUT2D eigenvalue weighted by Crippen LogP contribution is 2.43. The molecule has 3 fully saturated rings. The molecule has 3 aliphatic rings. The third-order valence-corrected chi connectivity index (χ3v) is 7.47. The van der Waals surface area contributed by atoms with Gasteiger partial charge in [-0.25, -0.2) is 8.78 Å². The second-order valence-corrected chi connectivity index (χ2v) is 8.98. The molecular formula is C23H28F2N4. The average Bonchev–Trinajstić information content (AvgIpc) is 2.70. The number of likely N-dealkylation sites (tertiary alicyclic amines) is 1. The molecule has 5 rings (SSSR count). The molecule has 6 heteroatoms. The number of nitrogens with zero attached hydrogens (tertiary/aromatic N) is 4. The van der Waals surface area contributed by atoms with Crippen molar-refractivity contribution < 1.29 is 8.78 Å². The number of benzene rings is 1. The summed E-state index contributed by atoms with van der Waals surface area (Å²) in [6, 6.07) is 8.22. The summed E-state index contributed by atoms with van der Waals surface area (Å²) in [5.74, 6) is -0.423. The van der Waals surface area contributed by atoms with Gasteiger partial charge in [-0.3, -0.25) is 0 Å². The van der Waals surface area contributed by atoms with E-state index in [1.807, 2.05) is 6.07 Å². The smallest absolute Gasteiger partial charge is 0.151 e. The summed E-state index contributed by atoms with van der Waals surface area (Å²) in [6.45, 7) is 4.47. The van der Waals surface area contributed by atoms with Crippen LogP contribution in [-0.2, 0) is 0 Å². The lowest BCUT2D eigenvalue weighted by molar-refractivity contribution is 0.0305. The Kier molecular flexibility index (Phi) is 4.98. The van der Waals surface area contributed by atoms with Gasteiger partial charge in [0.15, 0.2) is 5.82 Å². The average molecular weight is 399 g/mol. The van der Waals surface area contributed by atoms with Crippen LogP contribution in [0.1, 0.15) is 44.9 Å². The van der Waals surface area contributed by atoms with Gasteiger partial charge in [0.05, 0.1) is 11.3 Å². The summed E-state index contributed by atoms with van der Waals surface area (Å²) in [4.78, 5) is 4.98. The first-order valence-corrected chi connectivity index (χ1v) is 10.9. The minimum absolute atomic E-state index is 0.109. The first-order valence-electron chi connectivity index (χ1n) is 10.9. The molecule has 0 N–H and O–H groups in total. The minimum atomic E-state index is -0.611. The number of piperidine rings is 2. The zero-order chi connectivity index (χ0) is 19.8. The Morgan fingerprint density at radius 3 is 2.03 bits per heavy atom. The van der Waals surface area contributed by atoms with Gasteiger partial charge in [0.1, 0.15) is 11.6 Å². The maximum Gasteiger partial charge on any atom is 0.151 e. The summed E-state index contributed by atoms with van der Waals surface area (Å²) in [7, 11) is 0. The zero-order valence-electron chi connectivity index (χ0n) is 16.8. The molecule has 1 saturated carbocycles. The normalized spacial score (nSPS) is 22.6. The number of anilines is 1. The quantitative estimate of drug-likeness (QED) is 0.753. The van der Waals surface area contributed by atoms with Crippen LogP contribution < -0.4 is 4.90 Å². The van der Waals surface area contributed by atoms with Gasteiger partial charge in [-0.15, -0.1) is 10.2 Å². The van der Waals surface area contributed by atoms with E-state index in [2.05, 4.69) is 20.0 Å². The molecule has 1 spiro atoms. The summed E-state index contributed by atoms with van der Waals surface area (Å²) < 4.78 is 28.0. The number of halogens is 2. The number of hydrogen-bond acceptors (Lipinski definition) is 4. The SMILES string of the molecule is Fc1cccc(F)c1-c1ccc(N2CCC3(CC2)CCN(C2CCC2)CC3)nn1. The molecular weight excluding hydrogens is 370 g/mol. The molecule has 4 nitrogen and oxygen atoms in total. The Morgan fingerprint density at radius 2 is 1.48 bits per heavy atom. The van der Waals surface area contributed by atoms with E-state index >= 15 is 0 Å². The molecule has 0 amide bonds. The third kappa shape index (κ3) is 3.63. The Morgan fingerprint density at radius 1 is 0.828 bits per heavy atom. The molecule has 0 atom stereocenters. The van der Waals surface area contributed by atoms with Gasteiger partial charge in [0, 0.05) is 19.1 Å². The van der Waals surface area contributed by atoms with Crippen LogP contribution in [0.15, 0.2) is 30.3 Å². The van der Waals surface area contributed by atoms with Crippen molar-refractivity contribution in [3.05, 3.63) is 42.0 Å². The molecule has 154 valence electrons. The molecule has 0 bridgehead atoms. The first-order chi connectivity index (χ1) is 14.1. The van der Waals surface area contributed by atoms with Gasteiger partial charge in [-0.05, 0) is 81.3 Å². The van der Waals surface area contributed by atoms with E-state index in [1.54, 1.807) is 6.07 Å². The summed E-state index contributed by atoms with van der Waals surface area (Å²) >= 11 is 0. The van der Waals surface area contributed by atoms with Crippen LogP contribution in [0.2, 0.25) is 0 Å². The van der Waals surface area contributed by atoms with Gasteiger partial charge in [-0.1, -0.05) is 12.5 Å². The Hall–Kier alpha value is -2.08. The molecule has 0 unspecified atom stereocenters. The monoisotopic (exact) mass is 398 g/mol. The van der Waals surface area contributed by atoms with E-state index in [1.165, 1.54) is 76.2 Å². The van der Waals surface area contributed by atoms with E-state index in [0.29, 0.717) is 5.41 Å². The lowest BCUT2D eigenvalue weighted by atomic mass is 9.70. The van der Waals surface area contributed by atoms with E-state index in [4.69, 9.17) is 0 Å². The van der Waals surface area contributed by atoms with Crippen molar-refractivity contribution in [1.82, 2.24) is 15.1 Å². The highest BCUT2D eigenvalue weighted by atomic mass is 19.1. The van der Waals surface area contributed by atoms with E-state index < -0.39 is 11.6 Å². The van der Waals surface area contributed by atoms with E-state index in [9.17, 15) is 8.78 Å². The predicted molar refractivity (Wildman–Crippen MR) is 110 cm³/mol. The fourth-order valence-corrected chi connectivity index (χ4v) is 5.20. The van der Waals surface area contributed by atoms with Crippen molar-refractivity contribution in [1.29, 1.82) is 0 Å². The molecule has 3 heterocycles. The number of aromatic nitrogens is 2. The van der Waals surface area contributed by atoms with Crippen LogP contribution >= 0.6 is 0 Å². The maximum absolute atomic E-state index is 14.0. The van der Waals surface area contributed by atoms with Crippen LogP contribution in [0, 0.1) is 17.0 Å². The van der Waals surface area contributed by atoms with Crippen LogP contribution in [0.3, 0.4) is 0 Å². The molecule has 29 heavy (non-hydrogen) atoms. The Labute approximate surface area is 170 Å². The largest absolute Gasteiger partial charge is 0.355 e. The lowest BCUT2D eigenvalue weighted by Gasteiger charge is -2.50. The molecule has 0 radical (unpaired) electrons. The Balaban J connectivity index is 1.21. The molecule has 2 saturated heterocycles. The third-order valence-electron chi connectivity index (χ3n) is 7.47. The van der Waals surface area contributed by atoms with Crippen molar-refractivity contribution in [2.45, 2.75) is 51.0 Å². The van der Waals surface area contributed by atoms with Gasteiger partial charge in [0.25, 0.3) is 0 Å². The molecule has 2 aliphatic heterocycles. The zero-order valence-corrected chi connectivity index (χ0v) is 16.8. The molecule has 1 aromatic heterocycles. The summed E-state index contributed by atoms with van der Waals surface area (Å²) in [5, 5.41) is 8.40. The second kappa shape index (κ2) is 7.63. The number of rotatable bonds is 3. The molecule has 1 aromatic carbocycles. The first kappa shape index (κ1) is 18.9. The summed E-state index contributed by atoms with van der Waals surface area (Å²) in [5.41, 5.74) is 0.615. The fraction of sp³-hybridized carbons (Fsp3) is 0.565. The van der Waals surface area contributed by atoms with Crippen LogP contribution in [0.5, 0.6) is 0 Å².